The molecule has 0 bridgehead atoms. The second kappa shape index (κ2) is 9.69. The van der Waals surface area contributed by atoms with Crippen LogP contribution in [-0.4, -0.2) is 76.2 Å². The Morgan fingerprint density at radius 3 is 2.29 bits per heavy atom. The Balaban J connectivity index is 1.81. The average molecular weight is 450 g/mol. The molecule has 1 saturated heterocycles. The lowest BCUT2D eigenvalue weighted by Gasteiger charge is -2.34. The normalized spacial score (nSPS) is 15.1. The molecule has 170 valence electrons. The van der Waals surface area contributed by atoms with Crippen LogP contribution in [-0.2, 0) is 10.0 Å². The zero-order valence-corrected chi connectivity index (χ0v) is 19.6. The molecule has 0 amide bonds. The predicted molar refractivity (Wildman–Crippen MR) is 121 cm³/mol. The summed E-state index contributed by atoms with van der Waals surface area (Å²) < 4.78 is 39.4. The fourth-order valence-corrected chi connectivity index (χ4v) is 4.96. The van der Waals surface area contributed by atoms with Gasteiger partial charge in [0, 0.05) is 58.1 Å². The van der Waals surface area contributed by atoms with E-state index in [2.05, 4.69) is 9.97 Å². The maximum Gasteiger partial charge on any atom is 0.247 e. The molecule has 0 N–H and O–H groups in total. The monoisotopic (exact) mass is 449 g/mol. The molecule has 1 aliphatic rings. The van der Waals surface area contributed by atoms with Crippen molar-refractivity contribution in [3.8, 4) is 11.5 Å². The molecule has 1 aliphatic heterocycles. The minimum atomic E-state index is -3.74. The van der Waals surface area contributed by atoms with Gasteiger partial charge in [0.2, 0.25) is 16.0 Å². The van der Waals surface area contributed by atoms with Crippen molar-refractivity contribution < 1.29 is 17.9 Å². The molecular formula is C21H31N5O4S. The first-order chi connectivity index (χ1) is 14.8. The number of nitrogens with zero attached hydrogens (tertiary/aromatic N) is 5. The number of anilines is 2. The summed E-state index contributed by atoms with van der Waals surface area (Å²) in [6.07, 6.45) is 0. The van der Waals surface area contributed by atoms with E-state index < -0.39 is 10.0 Å². The smallest absolute Gasteiger partial charge is 0.247 e. The highest BCUT2D eigenvalue weighted by Crippen LogP contribution is 2.32. The maximum absolute atomic E-state index is 13.4. The average Bonchev–Trinajstić information content (AvgIpc) is 2.74. The predicted octanol–water partition coefficient (Wildman–Crippen LogP) is 2.16. The van der Waals surface area contributed by atoms with Crippen LogP contribution < -0.4 is 19.3 Å². The topological polar surface area (TPSA) is 88.1 Å². The standard InChI is InChI=1S/C21H31N5O4S/c1-6-29-17-8-9-18(30-7-2)19(15-17)31(27,28)26-12-10-25(11-13-26)21-22-16(3)14-20(23-21)24(4)5/h8-9,14-15H,6-7,10-13H2,1-5H3. The summed E-state index contributed by atoms with van der Waals surface area (Å²) in [5, 5.41) is 0. The first-order valence-electron chi connectivity index (χ1n) is 10.4. The number of piperazine rings is 1. The number of sulfonamides is 1. The van der Waals surface area contributed by atoms with Crippen molar-refractivity contribution in [1.29, 1.82) is 0 Å². The van der Waals surface area contributed by atoms with Gasteiger partial charge in [-0.15, -0.1) is 0 Å². The molecule has 0 atom stereocenters. The van der Waals surface area contributed by atoms with Gasteiger partial charge in [-0.2, -0.15) is 9.29 Å². The lowest BCUT2D eigenvalue weighted by molar-refractivity contribution is 0.319. The first-order valence-corrected chi connectivity index (χ1v) is 11.9. The van der Waals surface area contributed by atoms with Gasteiger partial charge < -0.3 is 19.3 Å². The molecule has 0 radical (unpaired) electrons. The zero-order chi connectivity index (χ0) is 22.6. The van der Waals surface area contributed by atoms with Crippen molar-refractivity contribution in [1.82, 2.24) is 14.3 Å². The van der Waals surface area contributed by atoms with E-state index in [4.69, 9.17) is 9.47 Å². The van der Waals surface area contributed by atoms with E-state index in [-0.39, 0.29) is 4.90 Å². The number of benzene rings is 1. The molecule has 0 spiro atoms. The molecule has 1 fully saturated rings. The maximum atomic E-state index is 13.4. The Kier molecular flexibility index (Phi) is 7.22. The molecule has 2 aromatic rings. The highest BCUT2D eigenvalue weighted by Gasteiger charge is 2.32. The van der Waals surface area contributed by atoms with Gasteiger partial charge in [-0.25, -0.2) is 13.4 Å². The van der Waals surface area contributed by atoms with Crippen LogP contribution in [0.25, 0.3) is 0 Å². The second-order valence-corrected chi connectivity index (χ2v) is 9.33. The van der Waals surface area contributed by atoms with Gasteiger partial charge in [0.25, 0.3) is 0 Å². The van der Waals surface area contributed by atoms with Gasteiger partial charge in [0.1, 0.15) is 22.2 Å². The van der Waals surface area contributed by atoms with Crippen molar-refractivity contribution in [2.24, 2.45) is 0 Å². The quantitative estimate of drug-likeness (QED) is 0.606. The van der Waals surface area contributed by atoms with Gasteiger partial charge in [-0.05, 0) is 32.9 Å². The SMILES string of the molecule is CCOc1ccc(OCC)c(S(=O)(=O)N2CCN(c3nc(C)cc(N(C)C)n3)CC2)c1. The first kappa shape index (κ1) is 23.1. The largest absolute Gasteiger partial charge is 0.494 e. The van der Waals surface area contributed by atoms with Crippen molar-refractivity contribution in [2.45, 2.75) is 25.7 Å². The third-order valence-corrected chi connectivity index (χ3v) is 6.87. The van der Waals surface area contributed by atoms with Crippen LogP contribution >= 0.6 is 0 Å². The molecule has 9 nitrogen and oxygen atoms in total. The number of hydrogen-bond donors (Lipinski definition) is 0. The number of rotatable bonds is 8. The Labute approximate surface area is 184 Å². The highest BCUT2D eigenvalue weighted by molar-refractivity contribution is 7.89. The van der Waals surface area contributed by atoms with Crippen molar-refractivity contribution in [3.63, 3.8) is 0 Å². The molecule has 0 unspecified atom stereocenters. The third kappa shape index (κ3) is 5.19. The molecule has 0 saturated carbocycles. The minimum Gasteiger partial charge on any atom is -0.494 e. The molecule has 1 aromatic carbocycles. The molecule has 0 aliphatic carbocycles. The van der Waals surface area contributed by atoms with E-state index in [0.717, 1.165) is 11.5 Å². The van der Waals surface area contributed by atoms with Gasteiger partial charge >= 0.3 is 0 Å². The summed E-state index contributed by atoms with van der Waals surface area (Å²) in [6, 6.07) is 6.85. The number of ether oxygens (including phenoxy) is 2. The van der Waals surface area contributed by atoms with Crippen molar-refractivity contribution in [2.75, 3.05) is 63.3 Å². The van der Waals surface area contributed by atoms with Crippen molar-refractivity contribution in [3.05, 3.63) is 30.0 Å². The fourth-order valence-electron chi connectivity index (χ4n) is 3.40. The Bertz CT molecular complexity index is 1000. The fraction of sp³-hybridized carbons (Fsp3) is 0.524. The number of aromatic nitrogens is 2. The van der Waals surface area contributed by atoms with Crippen LogP contribution in [0.15, 0.2) is 29.2 Å². The van der Waals surface area contributed by atoms with Crippen LogP contribution in [0.1, 0.15) is 19.5 Å². The Hall–Kier alpha value is -2.59. The van der Waals surface area contributed by atoms with Crippen molar-refractivity contribution >= 4 is 21.8 Å². The molecule has 1 aromatic heterocycles. The van der Waals surface area contributed by atoms with E-state index in [1.165, 1.54) is 4.31 Å². The molecule has 2 heterocycles. The van der Waals surface area contributed by atoms with Crippen LogP contribution in [0.3, 0.4) is 0 Å². The molecule has 3 rings (SSSR count). The summed E-state index contributed by atoms with van der Waals surface area (Å²) in [4.78, 5) is 13.2. The summed E-state index contributed by atoms with van der Waals surface area (Å²) in [7, 11) is 0.127. The lowest BCUT2D eigenvalue weighted by atomic mass is 10.3. The molecule has 10 heteroatoms. The van der Waals surface area contributed by atoms with Gasteiger partial charge in [0.15, 0.2) is 0 Å². The van der Waals surface area contributed by atoms with Crippen LogP contribution in [0, 0.1) is 6.92 Å². The third-order valence-electron chi connectivity index (χ3n) is 4.95. The van der Waals surface area contributed by atoms with E-state index >= 15 is 0 Å². The summed E-state index contributed by atoms with van der Waals surface area (Å²) >= 11 is 0. The second-order valence-electron chi connectivity index (χ2n) is 7.43. The van der Waals surface area contributed by atoms with Gasteiger partial charge in [-0.3, -0.25) is 0 Å². The minimum absolute atomic E-state index is 0.135. The van der Waals surface area contributed by atoms with E-state index in [9.17, 15) is 8.42 Å². The number of hydrogen-bond acceptors (Lipinski definition) is 8. The lowest BCUT2D eigenvalue weighted by Crippen LogP contribution is -2.49. The summed E-state index contributed by atoms with van der Waals surface area (Å²) in [6.45, 7) is 8.13. The Morgan fingerprint density at radius 1 is 1.00 bits per heavy atom. The summed E-state index contributed by atoms with van der Waals surface area (Å²) in [5.41, 5.74) is 0.873. The van der Waals surface area contributed by atoms with E-state index in [1.807, 2.05) is 50.7 Å². The molecular weight excluding hydrogens is 418 g/mol. The zero-order valence-electron chi connectivity index (χ0n) is 18.8. The molecule has 31 heavy (non-hydrogen) atoms. The van der Waals surface area contributed by atoms with Crippen LogP contribution in [0.4, 0.5) is 11.8 Å². The van der Waals surface area contributed by atoms with Gasteiger partial charge in [0.05, 0.1) is 13.2 Å². The summed E-state index contributed by atoms with van der Waals surface area (Å²) in [5.74, 6) is 2.29. The Morgan fingerprint density at radius 2 is 1.68 bits per heavy atom. The van der Waals surface area contributed by atoms with Crippen LogP contribution in [0.2, 0.25) is 0 Å². The van der Waals surface area contributed by atoms with E-state index in [1.54, 1.807) is 18.2 Å². The number of aryl methyl sites for hydroxylation is 1. The highest BCUT2D eigenvalue weighted by atomic mass is 32.2. The van der Waals surface area contributed by atoms with E-state index in [0.29, 0.717) is 56.8 Å². The van der Waals surface area contributed by atoms with Crippen LogP contribution in [0.5, 0.6) is 11.5 Å². The van der Waals surface area contributed by atoms with Gasteiger partial charge in [-0.1, -0.05) is 0 Å².